The summed E-state index contributed by atoms with van der Waals surface area (Å²) in [6, 6.07) is 5.47. The quantitative estimate of drug-likeness (QED) is 0.675. The van der Waals surface area contributed by atoms with Gasteiger partial charge in [0.2, 0.25) is 5.91 Å². The molecule has 0 aliphatic rings. The number of carbonyl (C=O) groups is 1. The molecule has 1 aromatic carbocycles. The molecule has 0 aliphatic carbocycles. The van der Waals surface area contributed by atoms with Crippen LogP contribution in [-0.2, 0) is 4.79 Å². The molecule has 0 saturated carbocycles. The number of aromatic nitrogens is 1. The van der Waals surface area contributed by atoms with Crippen molar-refractivity contribution >= 4 is 32.7 Å². The van der Waals surface area contributed by atoms with E-state index in [0.717, 1.165) is 15.4 Å². The van der Waals surface area contributed by atoms with Gasteiger partial charge in [0.25, 0.3) is 0 Å². The molecule has 0 spiro atoms. The van der Waals surface area contributed by atoms with Crippen molar-refractivity contribution in [1.29, 1.82) is 0 Å². The summed E-state index contributed by atoms with van der Waals surface area (Å²) >= 11 is 3.35. The maximum absolute atomic E-state index is 10.8. The van der Waals surface area contributed by atoms with Gasteiger partial charge in [0.05, 0.1) is 0 Å². The van der Waals surface area contributed by atoms with Crippen molar-refractivity contribution in [2.75, 3.05) is 0 Å². The molecule has 2 atom stereocenters. The van der Waals surface area contributed by atoms with E-state index in [4.69, 9.17) is 5.73 Å². The number of carbonyl (C=O) groups excluding carboxylic acids is 1. The highest BCUT2D eigenvalue weighted by molar-refractivity contribution is 9.10. The van der Waals surface area contributed by atoms with Crippen LogP contribution in [0.2, 0.25) is 0 Å². The van der Waals surface area contributed by atoms with Crippen LogP contribution in [0.15, 0.2) is 28.9 Å². The van der Waals surface area contributed by atoms with Gasteiger partial charge in [-0.1, -0.05) is 22.0 Å². The minimum atomic E-state index is -1.62. The topological polar surface area (TPSA) is 99.3 Å². The molecule has 0 aliphatic heterocycles. The molecule has 0 radical (unpaired) electrons. The first-order valence-electron chi connectivity index (χ1n) is 4.93. The third kappa shape index (κ3) is 2.06. The lowest BCUT2D eigenvalue weighted by atomic mass is 10.0. The van der Waals surface area contributed by atoms with E-state index in [-0.39, 0.29) is 0 Å². The van der Waals surface area contributed by atoms with Gasteiger partial charge in [0, 0.05) is 27.1 Å². The van der Waals surface area contributed by atoms with Gasteiger partial charge in [-0.2, -0.15) is 0 Å². The third-order valence-corrected chi connectivity index (χ3v) is 3.26. The van der Waals surface area contributed by atoms with E-state index in [0.29, 0.717) is 5.56 Å². The van der Waals surface area contributed by atoms with E-state index < -0.39 is 18.1 Å². The lowest BCUT2D eigenvalue weighted by molar-refractivity contribution is -0.131. The predicted octanol–water partition coefficient (Wildman–Crippen LogP) is 0.810. The molecule has 1 amide bonds. The number of nitrogens with one attached hydrogen (secondary N) is 1. The van der Waals surface area contributed by atoms with E-state index in [9.17, 15) is 15.0 Å². The Morgan fingerprint density at radius 2 is 2.12 bits per heavy atom. The van der Waals surface area contributed by atoms with Crippen molar-refractivity contribution in [2.24, 2.45) is 5.73 Å². The van der Waals surface area contributed by atoms with Crippen molar-refractivity contribution in [3.8, 4) is 0 Å². The highest BCUT2D eigenvalue weighted by Gasteiger charge is 2.26. The Hall–Kier alpha value is -1.37. The first kappa shape index (κ1) is 12.1. The summed E-state index contributed by atoms with van der Waals surface area (Å²) in [4.78, 5) is 13.8. The van der Waals surface area contributed by atoms with Crippen LogP contribution in [0.25, 0.3) is 10.9 Å². The number of fused-ring (bicyclic) bond motifs is 1. The van der Waals surface area contributed by atoms with E-state index in [1.807, 2.05) is 18.2 Å². The largest absolute Gasteiger partial charge is 0.385 e. The zero-order chi connectivity index (χ0) is 12.6. The first-order chi connectivity index (χ1) is 8.02. The second-order valence-corrected chi connectivity index (χ2v) is 4.55. The SMILES string of the molecule is NC(=O)C(O)C(O)c1c[nH]c2cccc(Br)c12. The lowest BCUT2D eigenvalue weighted by Crippen LogP contribution is -2.33. The smallest absolute Gasteiger partial charge is 0.249 e. The zero-order valence-corrected chi connectivity index (χ0v) is 10.3. The monoisotopic (exact) mass is 298 g/mol. The zero-order valence-electron chi connectivity index (χ0n) is 8.72. The number of aliphatic hydroxyl groups excluding tert-OH is 2. The Bertz CT molecular complexity index is 567. The Morgan fingerprint density at radius 3 is 2.76 bits per heavy atom. The molecule has 90 valence electrons. The van der Waals surface area contributed by atoms with Crippen molar-refractivity contribution in [3.63, 3.8) is 0 Å². The molecule has 2 aromatic rings. The molecule has 5 nitrogen and oxygen atoms in total. The van der Waals surface area contributed by atoms with Crippen molar-refractivity contribution in [3.05, 3.63) is 34.4 Å². The van der Waals surface area contributed by atoms with Crippen LogP contribution in [0.5, 0.6) is 0 Å². The molecule has 17 heavy (non-hydrogen) atoms. The molecule has 1 aromatic heterocycles. The van der Waals surface area contributed by atoms with E-state index >= 15 is 0 Å². The molecule has 2 unspecified atom stereocenters. The molecule has 2 rings (SSSR count). The summed E-state index contributed by atoms with van der Waals surface area (Å²) in [6.45, 7) is 0. The Morgan fingerprint density at radius 1 is 1.41 bits per heavy atom. The fraction of sp³-hybridized carbons (Fsp3) is 0.182. The predicted molar refractivity (Wildman–Crippen MR) is 66.2 cm³/mol. The normalized spacial score (nSPS) is 14.8. The van der Waals surface area contributed by atoms with Crippen LogP contribution in [-0.4, -0.2) is 27.2 Å². The second kappa shape index (κ2) is 4.48. The number of hydrogen-bond acceptors (Lipinski definition) is 3. The Kier molecular flexibility index (Phi) is 3.19. The fourth-order valence-electron chi connectivity index (χ4n) is 1.72. The van der Waals surface area contributed by atoms with E-state index in [1.54, 1.807) is 6.20 Å². The van der Waals surface area contributed by atoms with Crippen molar-refractivity contribution in [1.82, 2.24) is 4.98 Å². The highest BCUT2D eigenvalue weighted by atomic mass is 79.9. The number of aromatic amines is 1. The Labute approximate surface area is 105 Å². The Balaban J connectivity index is 2.52. The van der Waals surface area contributed by atoms with Crippen LogP contribution in [0.4, 0.5) is 0 Å². The van der Waals surface area contributed by atoms with E-state index in [2.05, 4.69) is 20.9 Å². The van der Waals surface area contributed by atoms with Gasteiger partial charge in [0.15, 0.2) is 6.10 Å². The number of primary amides is 1. The third-order valence-electron chi connectivity index (χ3n) is 2.59. The maximum Gasteiger partial charge on any atom is 0.249 e. The number of halogens is 1. The molecule has 1 heterocycles. The molecule has 0 fully saturated rings. The molecule has 0 bridgehead atoms. The average Bonchev–Trinajstić information content (AvgIpc) is 2.72. The van der Waals surface area contributed by atoms with Gasteiger partial charge in [-0.25, -0.2) is 0 Å². The summed E-state index contributed by atoms with van der Waals surface area (Å²) in [5, 5.41) is 20.1. The number of rotatable bonds is 3. The molecular weight excluding hydrogens is 288 g/mol. The fourth-order valence-corrected chi connectivity index (χ4v) is 2.32. The summed E-state index contributed by atoms with van der Waals surface area (Å²) in [6.07, 6.45) is -1.42. The molecule has 0 saturated heterocycles. The van der Waals surface area contributed by atoms with E-state index in [1.165, 1.54) is 0 Å². The number of aliphatic hydroxyl groups is 2. The van der Waals surface area contributed by atoms with Gasteiger partial charge >= 0.3 is 0 Å². The minimum absolute atomic E-state index is 0.429. The van der Waals surface area contributed by atoms with Crippen LogP contribution < -0.4 is 5.73 Å². The number of benzene rings is 1. The van der Waals surface area contributed by atoms with Gasteiger partial charge in [0.1, 0.15) is 6.10 Å². The van der Waals surface area contributed by atoms with Crippen molar-refractivity contribution < 1.29 is 15.0 Å². The van der Waals surface area contributed by atoms with Crippen LogP contribution in [0.3, 0.4) is 0 Å². The number of amides is 1. The van der Waals surface area contributed by atoms with Gasteiger partial charge in [-0.15, -0.1) is 0 Å². The van der Waals surface area contributed by atoms with Crippen LogP contribution >= 0.6 is 15.9 Å². The van der Waals surface area contributed by atoms with Gasteiger partial charge < -0.3 is 20.9 Å². The number of nitrogens with two attached hydrogens (primary N) is 1. The standard InChI is InChI=1S/C11H11BrN2O3/c12-6-2-1-3-7-8(6)5(4-14-7)9(15)10(16)11(13)17/h1-4,9-10,14-16H,(H2,13,17). The summed E-state index contributed by atoms with van der Waals surface area (Å²) in [5.74, 6) is -0.959. The lowest BCUT2D eigenvalue weighted by Gasteiger charge is -2.14. The minimum Gasteiger partial charge on any atom is -0.385 e. The molecule has 5 N–H and O–H groups in total. The highest BCUT2D eigenvalue weighted by Crippen LogP contribution is 2.31. The summed E-state index contributed by atoms with van der Waals surface area (Å²) < 4.78 is 0.766. The molecule has 6 heteroatoms. The van der Waals surface area contributed by atoms with Gasteiger partial charge in [-0.05, 0) is 12.1 Å². The summed E-state index contributed by atoms with van der Waals surface area (Å²) in [7, 11) is 0. The second-order valence-electron chi connectivity index (χ2n) is 3.70. The maximum atomic E-state index is 10.8. The average molecular weight is 299 g/mol. The molecular formula is C11H11BrN2O3. The van der Waals surface area contributed by atoms with Crippen LogP contribution in [0, 0.1) is 0 Å². The summed E-state index contributed by atoms with van der Waals surface area (Å²) in [5.41, 5.74) is 6.18. The number of hydrogen-bond donors (Lipinski definition) is 4. The first-order valence-corrected chi connectivity index (χ1v) is 5.72. The van der Waals surface area contributed by atoms with Crippen LogP contribution in [0.1, 0.15) is 11.7 Å². The number of H-pyrrole nitrogens is 1. The van der Waals surface area contributed by atoms with Gasteiger partial charge in [-0.3, -0.25) is 4.79 Å². The van der Waals surface area contributed by atoms with Crippen molar-refractivity contribution in [2.45, 2.75) is 12.2 Å².